The van der Waals surface area contributed by atoms with Crippen LogP contribution in [0.25, 0.3) is 0 Å². The van der Waals surface area contributed by atoms with E-state index in [1.54, 1.807) is 13.8 Å². The summed E-state index contributed by atoms with van der Waals surface area (Å²) in [5.74, 6) is -0.946. The molecule has 2 fully saturated rings. The van der Waals surface area contributed by atoms with Gasteiger partial charge in [-0.3, -0.25) is 24.6 Å². The van der Waals surface area contributed by atoms with Gasteiger partial charge >= 0.3 is 6.03 Å². The molecule has 1 aliphatic carbocycles. The van der Waals surface area contributed by atoms with E-state index in [0.29, 0.717) is 12.8 Å². The lowest BCUT2D eigenvalue weighted by Crippen LogP contribution is -2.64. The number of urea groups is 1. The van der Waals surface area contributed by atoms with E-state index in [-0.39, 0.29) is 24.9 Å². The Bertz CT molecular complexity index is 481. The first-order valence-corrected chi connectivity index (χ1v) is 7.41. The van der Waals surface area contributed by atoms with Gasteiger partial charge in [0.25, 0.3) is 0 Å². The van der Waals surface area contributed by atoms with E-state index >= 15 is 0 Å². The monoisotopic (exact) mass is 295 g/mol. The van der Waals surface area contributed by atoms with Crippen LogP contribution in [0.15, 0.2) is 0 Å². The number of hydrogen-bond acceptors (Lipinski definition) is 4. The molecule has 0 bridgehead atoms. The Morgan fingerprint density at radius 1 is 1.29 bits per heavy atom. The van der Waals surface area contributed by atoms with Crippen molar-refractivity contribution < 1.29 is 19.2 Å². The minimum absolute atomic E-state index is 0.0341. The van der Waals surface area contributed by atoms with Crippen LogP contribution >= 0.6 is 0 Å². The third-order valence-electron chi connectivity index (χ3n) is 4.34. The summed E-state index contributed by atoms with van der Waals surface area (Å²) < 4.78 is 0. The Morgan fingerprint density at radius 3 is 2.43 bits per heavy atom. The van der Waals surface area contributed by atoms with Gasteiger partial charge in [-0.15, -0.1) is 0 Å². The second-order valence-corrected chi connectivity index (χ2v) is 5.57. The van der Waals surface area contributed by atoms with Crippen molar-refractivity contribution in [2.24, 2.45) is 11.3 Å². The fourth-order valence-corrected chi connectivity index (χ4v) is 2.59. The minimum atomic E-state index is -1.17. The van der Waals surface area contributed by atoms with Crippen LogP contribution in [0.4, 0.5) is 4.79 Å². The van der Waals surface area contributed by atoms with Crippen LogP contribution in [0.1, 0.15) is 39.5 Å². The smallest absolute Gasteiger partial charge is 0.330 e. The molecule has 0 unspecified atom stereocenters. The molecule has 5 amide bonds. The Labute approximate surface area is 123 Å². The number of nitrogens with zero attached hydrogens (tertiary/aromatic N) is 1. The zero-order valence-electron chi connectivity index (χ0n) is 12.4. The quantitative estimate of drug-likeness (QED) is 0.693. The average Bonchev–Trinajstić information content (AvgIpc) is 3.28. The molecule has 0 aromatic heterocycles. The van der Waals surface area contributed by atoms with Gasteiger partial charge in [0.05, 0.1) is 0 Å². The first kappa shape index (κ1) is 15.5. The Morgan fingerprint density at radius 2 is 1.90 bits per heavy atom. The van der Waals surface area contributed by atoms with Crippen LogP contribution < -0.4 is 10.6 Å². The lowest BCUT2D eigenvalue weighted by atomic mass is 9.78. The lowest BCUT2D eigenvalue weighted by molar-refractivity contribution is -0.152. The summed E-state index contributed by atoms with van der Waals surface area (Å²) in [6.07, 6.45) is 2.48. The highest BCUT2D eigenvalue weighted by Gasteiger charge is 2.51. The van der Waals surface area contributed by atoms with Crippen LogP contribution in [-0.2, 0) is 14.4 Å². The van der Waals surface area contributed by atoms with Gasteiger partial charge in [-0.25, -0.2) is 4.79 Å². The number of hydrogen-bond donors (Lipinski definition) is 2. The van der Waals surface area contributed by atoms with Gasteiger partial charge in [0.2, 0.25) is 17.7 Å². The molecule has 1 heterocycles. The molecule has 0 atom stereocenters. The first-order chi connectivity index (χ1) is 9.96. The van der Waals surface area contributed by atoms with Gasteiger partial charge in [-0.1, -0.05) is 13.8 Å². The van der Waals surface area contributed by atoms with Crippen LogP contribution in [0.2, 0.25) is 0 Å². The zero-order chi connectivity index (χ0) is 15.6. The van der Waals surface area contributed by atoms with Crippen molar-refractivity contribution in [2.75, 3.05) is 13.1 Å². The van der Waals surface area contributed by atoms with Gasteiger partial charge in [-0.05, 0) is 25.7 Å². The normalized spacial score (nSPS) is 21.2. The maximum atomic E-state index is 12.5. The second-order valence-electron chi connectivity index (χ2n) is 5.57. The standard InChI is InChI=1S/C14H21N3O4/c1-3-14(4-2)11(19)16-13(21)17(12(14)20)8-7-15-10(18)9-5-6-9/h9H,3-8H2,1-2H3,(H,15,18)(H,16,19,21). The molecule has 0 spiro atoms. The summed E-state index contributed by atoms with van der Waals surface area (Å²) in [5.41, 5.74) is -1.17. The molecule has 21 heavy (non-hydrogen) atoms. The summed E-state index contributed by atoms with van der Waals surface area (Å²) in [6.45, 7) is 3.80. The number of barbiturate groups is 1. The van der Waals surface area contributed by atoms with Crippen LogP contribution in [0.5, 0.6) is 0 Å². The first-order valence-electron chi connectivity index (χ1n) is 7.41. The molecule has 1 saturated heterocycles. The van der Waals surface area contributed by atoms with Gasteiger partial charge in [0.15, 0.2) is 0 Å². The predicted octanol–water partition coefficient (Wildman–Crippen LogP) is 0.397. The maximum absolute atomic E-state index is 12.5. The van der Waals surface area contributed by atoms with Gasteiger partial charge in [0, 0.05) is 19.0 Å². The summed E-state index contributed by atoms with van der Waals surface area (Å²) in [5, 5.41) is 4.95. The van der Waals surface area contributed by atoms with Crippen molar-refractivity contribution >= 4 is 23.8 Å². The van der Waals surface area contributed by atoms with E-state index in [4.69, 9.17) is 0 Å². The summed E-state index contributed by atoms with van der Waals surface area (Å²) in [4.78, 5) is 48.8. The molecule has 2 aliphatic rings. The minimum Gasteiger partial charge on any atom is -0.354 e. The number of nitrogens with one attached hydrogen (secondary N) is 2. The Kier molecular flexibility index (Phi) is 4.29. The van der Waals surface area contributed by atoms with Gasteiger partial charge < -0.3 is 5.32 Å². The molecule has 1 aliphatic heterocycles. The molecule has 0 radical (unpaired) electrons. The molecule has 7 heteroatoms. The zero-order valence-corrected chi connectivity index (χ0v) is 12.4. The van der Waals surface area contributed by atoms with Crippen molar-refractivity contribution in [1.82, 2.24) is 15.5 Å². The topological polar surface area (TPSA) is 95.6 Å². The van der Waals surface area contributed by atoms with Crippen molar-refractivity contribution in [3.8, 4) is 0 Å². The largest absolute Gasteiger partial charge is 0.354 e. The van der Waals surface area contributed by atoms with Crippen molar-refractivity contribution in [2.45, 2.75) is 39.5 Å². The maximum Gasteiger partial charge on any atom is 0.330 e. The number of carbonyl (C=O) groups is 4. The van der Waals surface area contributed by atoms with E-state index < -0.39 is 23.3 Å². The number of rotatable bonds is 6. The molecule has 0 aromatic rings. The van der Waals surface area contributed by atoms with E-state index in [9.17, 15) is 19.2 Å². The number of carbonyl (C=O) groups excluding carboxylic acids is 4. The van der Waals surface area contributed by atoms with Crippen LogP contribution in [-0.4, -0.2) is 41.7 Å². The number of imide groups is 2. The summed E-state index contributed by atoms with van der Waals surface area (Å²) in [7, 11) is 0. The molecule has 2 rings (SSSR count). The van der Waals surface area contributed by atoms with Crippen LogP contribution in [0, 0.1) is 11.3 Å². The highest BCUT2D eigenvalue weighted by molar-refractivity contribution is 6.19. The highest BCUT2D eigenvalue weighted by Crippen LogP contribution is 2.32. The van der Waals surface area contributed by atoms with Crippen molar-refractivity contribution in [1.29, 1.82) is 0 Å². The van der Waals surface area contributed by atoms with Crippen LogP contribution in [0.3, 0.4) is 0 Å². The molecule has 116 valence electrons. The Balaban J connectivity index is 2.00. The summed E-state index contributed by atoms with van der Waals surface area (Å²) >= 11 is 0. The van der Waals surface area contributed by atoms with E-state index in [0.717, 1.165) is 17.7 Å². The fourth-order valence-electron chi connectivity index (χ4n) is 2.59. The molecule has 7 nitrogen and oxygen atoms in total. The average molecular weight is 295 g/mol. The number of amides is 5. The van der Waals surface area contributed by atoms with Gasteiger partial charge in [-0.2, -0.15) is 0 Å². The van der Waals surface area contributed by atoms with E-state index in [1.807, 2.05) is 0 Å². The van der Waals surface area contributed by atoms with E-state index in [2.05, 4.69) is 10.6 Å². The summed E-state index contributed by atoms with van der Waals surface area (Å²) in [6, 6.07) is -0.705. The fraction of sp³-hybridized carbons (Fsp3) is 0.714. The molecule has 1 saturated carbocycles. The SMILES string of the molecule is CCC1(CC)C(=O)NC(=O)N(CCNC(=O)C2CC2)C1=O. The molecular formula is C14H21N3O4. The van der Waals surface area contributed by atoms with E-state index in [1.165, 1.54) is 0 Å². The van der Waals surface area contributed by atoms with Gasteiger partial charge in [0.1, 0.15) is 5.41 Å². The third kappa shape index (κ3) is 2.77. The van der Waals surface area contributed by atoms with Crippen molar-refractivity contribution in [3.63, 3.8) is 0 Å². The third-order valence-corrected chi connectivity index (χ3v) is 4.34. The van der Waals surface area contributed by atoms with Crippen molar-refractivity contribution in [3.05, 3.63) is 0 Å². The lowest BCUT2D eigenvalue weighted by Gasteiger charge is -2.38. The second kappa shape index (κ2) is 5.83. The molecular weight excluding hydrogens is 274 g/mol. The Hall–Kier alpha value is -1.92. The molecule has 0 aromatic carbocycles. The predicted molar refractivity (Wildman–Crippen MR) is 74.0 cm³/mol. The highest BCUT2D eigenvalue weighted by atomic mass is 16.2. The molecule has 2 N–H and O–H groups in total.